The lowest BCUT2D eigenvalue weighted by molar-refractivity contribution is -0.139. The lowest BCUT2D eigenvalue weighted by atomic mass is 10.1. The van der Waals surface area contributed by atoms with E-state index in [1.807, 2.05) is 32.2 Å². The summed E-state index contributed by atoms with van der Waals surface area (Å²) in [6.45, 7) is 3.55. The van der Waals surface area contributed by atoms with E-state index >= 15 is 0 Å². The first-order chi connectivity index (χ1) is 15.0. The zero-order valence-corrected chi connectivity index (χ0v) is 18.6. The Hall–Kier alpha value is -2.94. The Morgan fingerprint density at radius 1 is 1.19 bits per heavy atom. The van der Waals surface area contributed by atoms with E-state index in [0.717, 1.165) is 34.0 Å². The number of carboxylic acid groups (broad SMARTS) is 1. The molecule has 0 saturated heterocycles. The molecule has 0 bridgehead atoms. The van der Waals surface area contributed by atoms with Crippen LogP contribution in [0.4, 0.5) is 13.2 Å². The molecule has 0 spiro atoms. The number of benzene rings is 2. The Morgan fingerprint density at radius 2 is 1.88 bits per heavy atom. The standard InChI is InChI=1S/C23H23F3N2O3S/c1-14-10-18(8-9-21(14)31-12-22(29)30)32-13-15(2)20-11-19(27-28(20)3)16-4-6-17(7-5-16)23(24,25)26/h4-11,15H,12-13H2,1-3H3,(H,29,30). The number of carboxylic acids is 1. The van der Waals surface area contributed by atoms with E-state index < -0.39 is 17.7 Å². The number of carbonyl (C=O) groups is 1. The van der Waals surface area contributed by atoms with E-state index in [1.54, 1.807) is 22.5 Å². The summed E-state index contributed by atoms with van der Waals surface area (Å²) in [6, 6.07) is 12.5. The lowest BCUT2D eigenvalue weighted by Gasteiger charge is -2.13. The van der Waals surface area contributed by atoms with Crippen LogP contribution in [0, 0.1) is 6.92 Å². The summed E-state index contributed by atoms with van der Waals surface area (Å²) < 4.78 is 45.4. The molecule has 0 aliphatic heterocycles. The summed E-state index contributed by atoms with van der Waals surface area (Å²) in [5.74, 6) is 0.422. The molecule has 0 saturated carbocycles. The predicted octanol–water partition coefficient (Wildman–Crippen LogP) is 5.77. The topological polar surface area (TPSA) is 64.4 Å². The fourth-order valence-electron chi connectivity index (χ4n) is 3.23. The van der Waals surface area contributed by atoms with Crippen LogP contribution in [0.15, 0.2) is 53.4 Å². The first-order valence-corrected chi connectivity index (χ1v) is 10.8. The summed E-state index contributed by atoms with van der Waals surface area (Å²) in [5.41, 5.74) is 2.41. The average Bonchev–Trinajstić information content (AvgIpc) is 3.12. The van der Waals surface area contributed by atoms with Crippen molar-refractivity contribution < 1.29 is 27.8 Å². The van der Waals surface area contributed by atoms with Gasteiger partial charge >= 0.3 is 12.1 Å². The molecule has 2 aromatic carbocycles. The van der Waals surface area contributed by atoms with Crippen LogP contribution in [0.5, 0.6) is 5.75 Å². The number of ether oxygens (including phenoxy) is 1. The summed E-state index contributed by atoms with van der Waals surface area (Å²) in [5, 5.41) is 13.2. The third-order valence-corrected chi connectivity index (χ3v) is 6.18. The molecular weight excluding hydrogens is 441 g/mol. The highest BCUT2D eigenvalue weighted by Crippen LogP contribution is 2.33. The molecule has 3 aromatic rings. The van der Waals surface area contributed by atoms with Gasteiger partial charge in [-0.15, -0.1) is 11.8 Å². The van der Waals surface area contributed by atoms with E-state index in [1.165, 1.54) is 12.1 Å². The van der Waals surface area contributed by atoms with Gasteiger partial charge in [0.05, 0.1) is 11.3 Å². The molecule has 9 heteroatoms. The molecule has 0 amide bonds. The van der Waals surface area contributed by atoms with Crippen molar-refractivity contribution in [2.75, 3.05) is 12.4 Å². The predicted molar refractivity (Wildman–Crippen MR) is 117 cm³/mol. The van der Waals surface area contributed by atoms with Gasteiger partial charge in [-0.05, 0) is 48.9 Å². The maximum atomic E-state index is 12.8. The van der Waals surface area contributed by atoms with Crippen LogP contribution in [0.25, 0.3) is 11.3 Å². The number of rotatable bonds is 8. The molecule has 1 atom stereocenters. The number of nitrogens with zero attached hydrogens (tertiary/aromatic N) is 2. The van der Waals surface area contributed by atoms with Crippen molar-refractivity contribution in [2.24, 2.45) is 7.05 Å². The van der Waals surface area contributed by atoms with Gasteiger partial charge in [0.2, 0.25) is 0 Å². The van der Waals surface area contributed by atoms with Gasteiger partial charge in [0.1, 0.15) is 5.75 Å². The van der Waals surface area contributed by atoms with Gasteiger partial charge in [-0.3, -0.25) is 4.68 Å². The van der Waals surface area contributed by atoms with Crippen LogP contribution in [-0.2, 0) is 18.0 Å². The summed E-state index contributed by atoms with van der Waals surface area (Å²) in [7, 11) is 1.82. The van der Waals surface area contributed by atoms with Crippen molar-refractivity contribution in [2.45, 2.75) is 30.8 Å². The normalized spacial score (nSPS) is 12.6. The van der Waals surface area contributed by atoms with Gasteiger partial charge in [0.15, 0.2) is 6.61 Å². The van der Waals surface area contributed by atoms with E-state index in [4.69, 9.17) is 9.84 Å². The minimum atomic E-state index is -4.36. The van der Waals surface area contributed by atoms with Gasteiger partial charge in [0, 0.05) is 34.9 Å². The lowest BCUT2D eigenvalue weighted by Crippen LogP contribution is -2.10. The second kappa shape index (κ2) is 9.68. The maximum Gasteiger partial charge on any atom is 0.416 e. The molecule has 170 valence electrons. The second-order valence-electron chi connectivity index (χ2n) is 7.47. The Balaban J connectivity index is 1.66. The molecule has 5 nitrogen and oxygen atoms in total. The van der Waals surface area contributed by atoms with E-state index in [0.29, 0.717) is 17.0 Å². The third-order valence-electron chi connectivity index (χ3n) is 4.93. The van der Waals surface area contributed by atoms with Crippen LogP contribution in [0.3, 0.4) is 0 Å². The third kappa shape index (κ3) is 5.85. The zero-order chi connectivity index (χ0) is 23.5. The highest BCUT2D eigenvalue weighted by molar-refractivity contribution is 7.99. The van der Waals surface area contributed by atoms with Crippen molar-refractivity contribution in [1.29, 1.82) is 0 Å². The zero-order valence-electron chi connectivity index (χ0n) is 17.8. The molecular formula is C23H23F3N2O3S. The van der Waals surface area contributed by atoms with Crippen molar-refractivity contribution in [3.8, 4) is 17.0 Å². The first-order valence-electron chi connectivity index (χ1n) is 9.84. The number of halogens is 3. The smallest absolute Gasteiger partial charge is 0.416 e. The molecule has 1 heterocycles. The Kier molecular flexibility index (Phi) is 7.18. The minimum absolute atomic E-state index is 0.143. The quantitative estimate of drug-likeness (QED) is 0.429. The Bertz CT molecular complexity index is 1090. The molecule has 0 aliphatic carbocycles. The van der Waals surface area contributed by atoms with E-state index in [9.17, 15) is 18.0 Å². The number of thioether (sulfide) groups is 1. The molecule has 1 unspecified atom stereocenters. The summed E-state index contributed by atoms with van der Waals surface area (Å²) >= 11 is 1.65. The van der Waals surface area contributed by atoms with Crippen molar-refractivity contribution in [3.05, 3.63) is 65.4 Å². The Morgan fingerprint density at radius 3 is 2.47 bits per heavy atom. The van der Waals surface area contributed by atoms with Crippen molar-refractivity contribution in [1.82, 2.24) is 9.78 Å². The van der Waals surface area contributed by atoms with E-state index in [-0.39, 0.29) is 12.5 Å². The van der Waals surface area contributed by atoms with Crippen LogP contribution in [0.1, 0.15) is 29.7 Å². The van der Waals surface area contributed by atoms with Crippen LogP contribution >= 0.6 is 11.8 Å². The molecule has 0 radical (unpaired) electrons. The monoisotopic (exact) mass is 464 g/mol. The highest BCUT2D eigenvalue weighted by Gasteiger charge is 2.30. The fraction of sp³-hybridized carbons (Fsp3) is 0.304. The van der Waals surface area contributed by atoms with Gasteiger partial charge in [0.25, 0.3) is 0 Å². The molecule has 1 aromatic heterocycles. The minimum Gasteiger partial charge on any atom is -0.482 e. The van der Waals surface area contributed by atoms with Crippen LogP contribution < -0.4 is 4.74 Å². The molecule has 1 N–H and O–H groups in total. The molecule has 3 rings (SSSR count). The van der Waals surface area contributed by atoms with Gasteiger partial charge in [-0.25, -0.2) is 4.79 Å². The second-order valence-corrected chi connectivity index (χ2v) is 8.57. The van der Waals surface area contributed by atoms with Crippen LogP contribution in [0.2, 0.25) is 0 Å². The highest BCUT2D eigenvalue weighted by atomic mass is 32.2. The summed E-state index contributed by atoms with van der Waals surface area (Å²) in [6.07, 6.45) is -4.36. The number of aryl methyl sites for hydroxylation is 2. The maximum absolute atomic E-state index is 12.8. The first kappa shape index (κ1) is 23.7. The van der Waals surface area contributed by atoms with Gasteiger partial charge < -0.3 is 9.84 Å². The largest absolute Gasteiger partial charge is 0.482 e. The number of hydrogen-bond acceptors (Lipinski definition) is 4. The number of hydrogen-bond donors (Lipinski definition) is 1. The van der Waals surface area contributed by atoms with E-state index in [2.05, 4.69) is 12.0 Å². The van der Waals surface area contributed by atoms with Crippen molar-refractivity contribution in [3.63, 3.8) is 0 Å². The van der Waals surface area contributed by atoms with Crippen molar-refractivity contribution >= 4 is 17.7 Å². The number of aromatic nitrogens is 2. The number of aliphatic carboxylic acids is 1. The molecule has 0 aliphatic rings. The average molecular weight is 465 g/mol. The number of alkyl halides is 3. The molecule has 32 heavy (non-hydrogen) atoms. The molecule has 0 fully saturated rings. The SMILES string of the molecule is Cc1cc(SCC(C)c2cc(-c3ccc(C(F)(F)F)cc3)nn2C)ccc1OCC(=O)O. The van der Waals surface area contributed by atoms with Crippen LogP contribution in [-0.4, -0.2) is 33.2 Å². The van der Waals surface area contributed by atoms with Gasteiger partial charge in [-0.2, -0.15) is 18.3 Å². The summed E-state index contributed by atoms with van der Waals surface area (Å²) in [4.78, 5) is 11.7. The Labute approximate surface area is 188 Å². The van der Waals surface area contributed by atoms with Gasteiger partial charge in [-0.1, -0.05) is 19.1 Å². The fourth-order valence-corrected chi connectivity index (χ4v) is 4.27.